The average molecular weight is 447 g/mol. The summed E-state index contributed by atoms with van der Waals surface area (Å²) in [6.07, 6.45) is -2.99. The van der Waals surface area contributed by atoms with E-state index in [1.165, 1.54) is 6.07 Å². The number of hydrogen-bond donors (Lipinski definition) is 1. The Morgan fingerprint density at radius 3 is 2.64 bits per heavy atom. The number of aryl methyl sites for hydroxylation is 1. The zero-order chi connectivity index (χ0) is 20.6. The number of nitrogens with one attached hydrogen (secondary N) is 1. The Balaban J connectivity index is 1.94. The van der Waals surface area contributed by atoms with Gasteiger partial charge in [-0.25, -0.2) is 4.98 Å². The zero-order valence-electron chi connectivity index (χ0n) is 14.7. The van der Waals surface area contributed by atoms with Crippen molar-refractivity contribution in [2.75, 3.05) is 11.6 Å². The van der Waals surface area contributed by atoms with Gasteiger partial charge in [0.25, 0.3) is 5.91 Å². The number of anilines is 1. The lowest BCUT2D eigenvalue weighted by Crippen LogP contribution is -2.12. The van der Waals surface area contributed by atoms with Crippen LogP contribution < -0.4 is 5.32 Å². The molecule has 0 aliphatic carbocycles. The molecule has 0 radical (unpaired) electrons. The van der Waals surface area contributed by atoms with Gasteiger partial charge in [0, 0.05) is 28.2 Å². The number of halogens is 4. The summed E-state index contributed by atoms with van der Waals surface area (Å²) in [5, 5.41) is 3.47. The van der Waals surface area contributed by atoms with Crippen molar-refractivity contribution in [1.29, 1.82) is 0 Å². The summed E-state index contributed by atoms with van der Waals surface area (Å²) in [5.74, 6) is -0.183. The highest BCUT2D eigenvalue weighted by Gasteiger charge is 2.33. The topological polar surface area (TPSA) is 59.1 Å². The smallest absolute Gasteiger partial charge is 0.320 e. The first-order valence-electron chi connectivity index (χ1n) is 7.93. The van der Waals surface area contributed by atoms with Crippen LogP contribution in [-0.4, -0.2) is 21.4 Å². The molecular formula is C18H14ClF3N2O2S2. The van der Waals surface area contributed by atoms with Gasteiger partial charge in [-0.2, -0.15) is 13.2 Å². The van der Waals surface area contributed by atoms with Crippen molar-refractivity contribution in [3.05, 3.63) is 57.1 Å². The summed E-state index contributed by atoms with van der Waals surface area (Å²) < 4.78 is 50.0. The fourth-order valence-electron chi connectivity index (χ4n) is 2.65. The lowest BCUT2D eigenvalue weighted by atomic mass is 10.1. The highest BCUT2D eigenvalue weighted by atomic mass is 35.5. The monoisotopic (exact) mass is 446 g/mol. The zero-order valence-corrected chi connectivity index (χ0v) is 17.1. The molecule has 1 N–H and O–H groups in total. The second-order valence-electron chi connectivity index (χ2n) is 6.09. The Morgan fingerprint density at radius 2 is 2.00 bits per heavy atom. The van der Waals surface area contributed by atoms with Crippen molar-refractivity contribution in [1.82, 2.24) is 4.98 Å². The third-order valence-electron chi connectivity index (χ3n) is 3.95. The summed E-state index contributed by atoms with van der Waals surface area (Å²) in [5.41, 5.74) is 0.623. The Labute approximate surface area is 170 Å². The van der Waals surface area contributed by atoms with Crippen LogP contribution in [0.1, 0.15) is 26.5 Å². The van der Waals surface area contributed by atoms with Crippen LogP contribution in [0.3, 0.4) is 0 Å². The second kappa shape index (κ2) is 7.81. The molecule has 4 nitrogen and oxygen atoms in total. The maximum absolute atomic E-state index is 12.9. The van der Waals surface area contributed by atoms with E-state index in [9.17, 15) is 22.2 Å². The van der Waals surface area contributed by atoms with Crippen LogP contribution in [0.2, 0.25) is 5.02 Å². The van der Waals surface area contributed by atoms with Gasteiger partial charge in [0.15, 0.2) is 0 Å². The molecule has 0 saturated heterocycles. The van der Waals surface area contributed by atoms with Gasteiger partial charge in [-0.05, 0) is 42.3 Å². The summed E-state index contributed by atoms with van der Waals surface area (Å²) in [6.45, 7) is 1.65. The van der Waals surface area contributed by atoms with Gasteiger partial charge >= 0.3 is 6.18 Å². The molecule has 1 atom stereocenters. The molecule has 0 spiro atoms. The number of hydrogen-bond acceptors (Lipinski definition) is 4. The van der Waals surface area contributed by atoms with E-state index in [2.05, 4.69) is 10.3 Å². The normalized spacial score (nSPS) is 12.9. The molecule has 28 heavy (non-hydrogen) atoms. The van der Waals surface area contributed by atoms with E-state index < -0.39 is 28.6 Å². The molecule has 1 amide bonds. The van der Waals surface area contributed by atoms with Crippen molar-refractivity contribution in [3.8, 4) is 0 Å². The number of amides is 1. The van der Waals surface area contributed by atoms with Gasteiger partial charge < -0.3 is 5.32 Å². The molecule has 1 unspecified atom stereocenters. The molecule has 148 valence electrons. The van der Waals surface area contributed by atoms with Gasteiger partial charge in [-0.1, -0.05) is 17.7 Å². The number of nitrogens with zero attached hydrogens (tertiary/aromatic N) is 1. The SMILES string of the molecule is Cc1c(C(=O)Nc2cc(CS(C)=O)ccc2Cl)sc2nc(C(F)(F)F)ccc12. The molecule has 0 aliphatic heterocycles. The first-order valence-corrected chi connectivity index (χ1v) is 10.9. The number of carbonyl (C=O) groups is 1. The molecule has 2 heterocycles. The maximum Gasteiger partial charge on any atom is 0.433 e. The first kappa shape index (κ1) is 20.8. The van der Waals surface area contributed by atoms with Crippen LogP contribution in [0.4, 0.5) is 18.9 Å². The van der Waals surface area contributed by atoms with Crippen LogP contribution >= 0.6 is 22.9 Å². The Bertz CT molecular complexity index is 1100. The number of carbonyl (C=O) groups excluding carboxylic acids is 1. The lowest BCUT2D eigenvalue weighted by Gasteiger charge is -2.09. The Morgan fingerprint density at radius 1 is 1.29 bits per heavy atom. The molecular weight excluding hydrogens is 433 g/mol. The molecule has 3 aromatic rings. The molecule has 0 saturated carbocycles. The predicted octanol–water partition coefficient (Wildman–Crippen LogP) is 5.41. The Hall–Kier alpha value is -1.97. The molecule has 0 aliphatic rings. The van der Waals surface area contributed by atoms with Crippen LogP contribution in [0.15, 0.2) is 30.3 Å². The predicted molar refractivity (Wildman–Crippen MR) is 107 cm³/mol. The van der Waals surface area contributed by atoms with E-state index >= 15 is 0 Å². The quantitative estimate of drug-likeness (QED) is 0.583. The summed E-state index contributed by atoms with van der Waals surface area (Å²) in [6, 6.07) is 7.15. The molecule has 3 rings (SSSR count). The van der Waals surface area contributed by atoms with Crippen LogP contribution in [0, 0.1) is 6.92 Å². The summed E-state index contributed by atoms with van der Waals surface area (Å²) >= 11 is 7.02. The van der Waals surface area contributed by atoms with Gasteiger partial charge in [0.2, 0.25) is 0 Å². The lowest BCUT2D eigenvalue weighted by molar-refractivity contribution is -0.140. The minimum absolute atomic E-state index is 0.138. The number of thiophene rings is 1. The number of aromatic nitrogens is 1. The van der Waals surface area contributed by atoms with E-state index in [0.717, 1.165) is 23.0 Å². The third kappa shape index (κ3) is 4.37. The minimum atomic E-state index is -4.55. The largest absolute Gasteiger partial charge is 0.433 e. The van der Waals surface area contributed by atoms with E-state index in [4.69, 9.17) is 11.6 Å². The number of pyridine rings is 1. The number of fused-ring (bicyclic) bond motifs is 1. The third-order valence-corrected chi connectivity index (χ3v) is 6.22. The van der Waals surface area contributed by atoms with E-state index in [1.54, 1.807) is 31.4 Å². The molecule has 2 aromatic heterocycles. The highest BCUT2D eigenvalue weighted by molar-refractivity contribution is 7.83. The maximum atomic E-state index is 12.9. The summed E-state index contributed by atoms with van der Waals surface area (Å²) in [4.78, 5) is 16.7. The van der Waals surface area contributed by atoms with Gasteiger partial charge in [0.05, 0.1) is 15.6 Å². The second-order valence-corrected chi connectivity index (χ2v) is 8.93. The first-order chi connectivity index (χ1) is 13.1. The van der Waals surface area contributed by atoms with Crippen molar-refractivity contribution >= 4 is 55.5 Å². The van der Waals surface area contributed by atoms with Crippen LogP contribution in [0.5, 0.6) is 0 Å². The van der Waals surface area contributed by atoms with Gasteiger partial charge in [0.1, 0.15) is 10.5 Å². The molecule has 0 bridgehead atoms. The van der Waals surface area contributed by atoms with Gasteiger partial charge in [-0.15, -0.1) is 11.3 Å². The highest BCUT2D eigenvalue weighted by Crippen LogP contribution is 2.35. The number of alkyl halides is 3. The van der Waals surface area contributed by atoms with Crippen molar-refractivity contribution in [3.63, 3.8) is 0 Å². The van der Waals surface area contributed by atoms with E-state index in [1.807, 2.05) is 0 Å². The van der Waals surface area contributed by atoms with E-state index in [0.29, 0.717) is 27.4 Å². The van der Waals surface area contributed by atoms with Crippen LogP contribution in [-0.2, 0) is 22.7 Å². The fraction of sp³-hybridized carbons (Fsp3) is 0.222. The average Bonchev–Trinajstić information content (AvgIpc) is 2.93. The molecule has 10 heteroatoms. The molecule has 0 fully saturated rings. The number of rotatable bonds is 4. The van der Waals surface area contributed by atoms with Crippen molar-refractivity contribution in [2.24, 2.45) is 0 Å². The Kier molecular flexibility index (Phi) is 5.79. The molecule has 1 aromatic carbocycles. The minimum Gasteiger partial charge on any atom is -0.320 e. The van der Waals surface area contributed by atoms with Gasteiger partial charge in [-0.3, -0.25) is 9.00 Å². The van der Waals surface area contributed by atoms with Crippen molar-refractivity contribution in [2.45, 2.75) is 18.9 Å². The fourth-order valence-corrected chi connectivity index (χ4v) is 4.53. The van der Waals surface area contributed by atoms with Crippen molar-refractivity contribution < 1.29 is 22.2 Å². The summed E-state index contributed by atoms with van der Waals surface area (Å²) in [7, 11) is -1.06. The van der Waals surface area contributed by atoms with E-state index in [-0.39, 0.29) is 9.71 Å². The standard InChI is InChI=1S/C18H14ClF3N2O2S2/c1-9-11-4-6-14(18(20,21)22)24-17(11)27-15(9)16(25)23-13-7-10(8-28(2)26)3-5-12(13)19/h3-7H,8H2,1-2H3,(H,23,25). The van der Waals surface area contributed by atoms with Crippen LogP contribution in [0.25, 0.3) is 10.2 Å². The number of benzene rings is 1.